The van der Waals surface area contributed by atoms with Crippen molar-refractivity contribution in [3.05, 3.63) is 0 Å². The van der Waals surface area contributed by atoms with Crippen molar-refractivity contribution in [3.63, 3.8) is 0 Å². The Hall–Kier alpha value is -1.39. The summed E-state index contributed by atoms with van der Waals surface area (Å²) in [6.07, 6.45) is 0. The van der Waals surface area contributed by atoms with Gasteiger partial charge >= 0.3 is 0 Å². The molecular weight excluding hydrogens is 170 g/mol. The predicted molar refractivity (Wildman–Crippen MR) is 47.7 cm³/mol. The molecule has 1 atom stereocenters. The first-order valence-corrected chi connectivity index (χ1v) is 4.10. The van der Waals surface area contributed by atoms with Crippen LogP contribution in [-0.2, 0) is 9.59 Å². The fourth-order valence-electron chi connectivity index (χ4n) is 1.31. The molecule has 0 aromatic rings. The molecule has 0 radical (unpaired) electrons. The Morgan fingerprint density at radius 3 is 2.46 bits per heavy atom. The van der Waals surface area contributed by atoms with Crippen LogP contribution in [0.5, 0.6) is 0 Å². The number of carbonyl (C=O) groups is 2. The molecule has 2 amide bonds. The van der Waals surface area contributed by atoms with Crippen LogP contribution in [0.25, 0.3) is 0 Å². The maximum Gasteiger partial charge on any atom is 0.260 e. The van der Waals surface area contributed by atoms with Gasteiger partial charge in [-0.1, -0.05) is 13.8 Å². The molecule has 5 nitrogen and oxygen atoms in total. The van der Waals surface area contributed by atoms with Gasteiger partial charge < -0.3 is 5.73 Å². The summed E-state index contributed by atoms with van der Waals surface area (Å²) in [5, 5.41) is 5.14. The number of hydrogen-bond acceptors (Lipinski definition) is 3. The second kappa shape index (κ2) is 3.16. The Kier molecular flexibility index (Phi) is 2.36. The van der Waals surface area contributed by atoms with Crippen LogP contribution in [-0.4, -0.2) is 29.6 Å². The molecule has 2 N–H and O–H groups in total. The van der Waals surface area contributed by atoms with Gasteiger partial charge in [-0.05, 0) is 5.92 Å². The maximum atomic E-state index is 11.4. The van der Waals surface area contributed by atoms with Gasteiger partial charge in [-0.3, -0.25) is 9.59 Å². The Morgan fingerprint density at radius 2 is 2.15 bits per heavy atom. The molecular formula is C8H13N3O2. The van der Waals surface area contributed by atoms with Crippen LogP contribution >= 0.6 is 0 Å². The van der Waals surface area contributed by atoms with Gasteiger partial charge in [0, 0.05) is 7.05 Å². The molecule has 1 heterocycles. The molecule has 0 fully saturated rings. The molecule has 0 aromatic heterocycles. The Bertz CT molecular complexity index is 283. The Balaban J connectivity index is 3.00. The molecule has 0 bridgehead atoms. The predicted octanol–water partition coefficient (Wildman–Crippen LogP) is -0.428. The van der Waals surface area contributed by atoms with Crippen LogP contribution in [0, 0.1) is 11.8 Å². The van der Waals surface area contributed by atoms with E-state index in [1.54, 1.807) is 0 Å². The molecule has 0 aliphatic carbocycles. The Labute approximate surface area is 76.6 Å². The zero-order valence-electron chi connectivity index (χ0n) is 7.94. The topological polar surface area (TPSA) is 75.8 Å². The average molecular weight is 183 g/mol. The average Bonchev–Trinajstić information content (AvgIpc) is 2.28. The van der Waals surface area contributed by atoms with Gasteiger partial charge in [0.25, 0.3) is 5.91 Å². The van der Waals surface area contributed by atoms with Crippen LogP contribution < -0.4 is 5.73 Å². The van der Waals surface area contributed by atoms with E-state index in [0.29, 0.717) is 5.71 Å². The van der Waals surface area contributed by atoms with Gasteiger partial charge in [0.2, 0.25) is 5.91 Å². The highest BCUT2D eigenvalue weighted by Gasteiger charge is 2.39. The van der Waals surface area contributed by atoms with Crippen molar-refractivity contribution in [2.45, 2.75) is 13.8 Å². The number of nitrogens with zero attached hydrogens (tertiary/aromatic N) is 2. The Morgan fingerprint density at radius 1 is 1.62 bits per heavy atom. The van der Waals surface area contributed by atoms with Crippen molar-refractivity contribution in [3.8, 4) is 0 Å². The van der Waals surface area contributed by atoms with Crippen molar-refractivity contribution in [2.75, 3.05) is 7.05 Å². The standard InChI is InChI=1S/C8H13N3O2/c1-4(2)6-5(7(9)12)8(13)11(3)10-6/h4-5H,1-3H3,(H2,9,12). The van der Waals surface area contributed by atoms with Gasteiger partial charge in [0.15, 0.2) is 5.92 Å². The van der Waals surface area contributed by atoms with E-state index in [0.717, 1.165) is 0 Å². The van der Waals surface area contributed by atoms with E-state index in [9.17, 15) is 9.59 Å². The largest absolute Gasteiger partial charge is 0.369 e. The molecule has 72 valence electrons. The van der Waals surface area contributed by atoms with Crippen molar-refractivity contribution in [1.82, 2.24) is 5.01 Å². The zero-order valence-corrected chi connectivity index (χ0v) is 7.94. The highest BCUT2D eigenvalue weighted by atomic mass is 16.2. The van der Waals surface area contributed by atoms with E-state index in [2.05, 4.69) is 5.10 Å². The lowest BCUT2D eigenvalue weighted by molar-refractivity contribution is -0.135. The highest BCUT2D eigenvalue weighted by molar-refractivity contribution is 6.22. The maximum absolute atomic E-state index is 11.4. The van der Waals surface area contributed by atoms with Crippen molar-refractivity contribution in [2.24, 2.45) is 22.7 Å². The van der Waals surface area contributed by atoms with Crippen molar-refractivity contribution in [1.29, 1.82) is 0 Å². The number of nitrogens with two attached hydrogens (primary N) is 1. The minimum atomic E-state index is -0.856. The summed E-state index contributed by atoms with van der Waals surface area (Å²) < 4.78 is 0. The van der Waals surface area contributed by atoms with Crippen LogP contribution in [0.4, 0.5) is 0 Å². The zero-order chi connectivity index (χ0) is 10.2. The van der Waals surface area contributed by atoms with Gasteiger partial charge in [-0.2, -0.15) is 5.10 Å². The minimum absolute atomic E-state index is 0.0615. The van der Waals surface area contributed by atoms with E-state index in [-0.39, 0.29) is 11.8 Å². The van der Waals surface area contributed by atoms with Crippen molar-refractivity contribution >= 4 is 17.5 Å². The first kappa shape index (κ1) is 9.70. The first-order valence-electron chi connectivity index (χ1n) is 4.10. The lowest BCUT2D eigenvalue weighted by Gasteiger charge is -2.08. The third-order valence-electron chi connectivity index (χ3n) is 2.00. The fourth-order valence-corrected chi connectivity index (χ4v) is 1.31. The molecule has 0 saturated heterocycles. The number of hydrazone groups is 1. The molecule has 1 unspecified atom stereocenters. The normalized spacial score (nSPS) is 22.5. The van der Waals surface area contributed by atoms with E-state index >= 15 is 0 Å². The summed E-state index contributed by atoms with van der Waals surface area (Å²) in [6.45, 7) is 3.75. The third kappa shape index (κ3) is 1.54. The quantitative estimate of drug-likeness (QED) is 0.590. The van der Waals surface area contributed by atoms with Crippen LogP contribution in [0.2, 0.25) is 0 Å². The van der Waals surface area contributed by atoms with Crippen LogP contribution in [0.3, 0.4) is 0 Å². The second-order valence-corrected chi connectivity index (χ2v) is 3.38. The van der Waals surface area contributed by atoms with Gasteiger partial charge in [-0.15, -0.1) is 0 Å². The molecule has 0 spiro atoms. The van der Waals surface area contributed by atoms with Crippen molar-refractivity contribution < 1.29 is 9.59 Å². The van der Waals surface area contributed by atoms with E-state index < -0.39 is 11.8 Å². The fraction of sp³-hybridized carbons (Fsp3) is 0.625. The first-order chi connectivity index (χ1) is 5.95. The smallest absolute Gasteiger partial charge is 0.260 e. The molecule has 13 heavy (non-hydrogen) atoms. The summed E-state index contributed by atoms with van der Waals surface area (Å²) in [4.78, 5) is 22.3. The summed E-state index contributed by atoms with van der Waals surface area (Å²) >= 11 is 0. The van der Waals surface area contributed by atoms with E-state index in [1.165, 1.54) is 12.1 Å². The SMILES string of the molecule is CC(C)C1=NN(C)C(=O)C1C(N)=O. The number of primary amides is 1. The minimum Gasteiger partial charge on any atom is -0.369 e. The summed E-state index contributed by atoms with van der Waals surface area (Å²) in [6, 6.07) is 0. The van der Waals surface area contributed by atoms with E-state index in [1.807, 2.05) is 13.8 Å². The molecule has 1 aliphatic rings. The number of hydrogen-bond donors (Lipinski definition) is 1. The van der Waals surface area contributed by atoms with Crippen LogP contribution in [0.1, 0.15) is 13.8 Å². The number of carbonyl (C=O) groups excluding carboxylic acids is 2. The number of amides is 2. The van der Waals surface area contributed by atoms with Gasteiger partial charge in [0.1, 0.15) is 0 Å². The summed E-state index contributed by atoms with van der Waals surface area (Å²) in [5.41, 5.74) is 5.67. The third-order valence-corrected chi connectivity index (χ3v) is 2.00. The molecule has 5 heteroatoms. The number of rotatable bonds is 2. The second-order valence-electron chi connectivity index (χ2n) is 3.38. The van der Waals surface area contributed by atoms with Crippen LogP contribution in [0.15, 0.2) is 5.10 Å². The molecule has 1 rings (SSSR count). The monoisotopic (exact) mass is 183 g/mol. The highest BCUT2D eigenvalue weighted by Crippen LogP contribution is 2.18. The molecule has 0 saturated carbocycles. The lowest BCUT2D eigenvalue weighted by Crippen LogP contribution is -2.37. The molecule has 1 aliphatic heterocycles. The lowest BCUT2D eigenvalue weighted by atomic mass is 9.94. The summed E-state index contributed by atoms with van der Waals surface area (Å²) in [7, 11) is 1.52. The summed E-state index contributed by atoms with van der Waals surface area (Å²) in [5.74, 6) is -1.76. The molecule has 0 aromatic carbocycles. The van der Waals surface area contributed by atoms with Gasteiger partial charge in [0.05, 0.1) is 5.71 Å². The van der Waals surface area contributed by atoms with E-state index in [4.69, 9.17) is 5.73 Å². The van der Waals surface area contributed by atoms with Gasteiger partial charge in [-0.25, -0.2) is 5.01 Å².